The molecule has 4 heteroatoms. The molecule has 0 aromatic heterocycles. The Morgan fingerprint density at radius 1 is 1.36 bits per heavy atom. The zero-order valence-electron chi connectivity index (χ0n) is 7.95. The molecule has 0 spiro atoms. The first-order valence-electron chi connectivity index (χ1n) is 4.11. The molecule has 0 saturated carbocycles. The normalized spacial score (nSPS) is 11.1. The van der Waals surface area contributed by atoms with E-state index in [4.69, 9.17) is 3.07 Å². The number of hydrogen-bond donors (Lipinski definition) is 1. The Bertz CT molecular complexity index is 324. The van der Waals surface area contributed by atoms with E-state index < -0.39 is 5.60 Å². The standard InChI is InChI=1S/C10H11IO3/c1-10(2,13)9(12)7-3-5-8(14-11)6-4-7/h3-6,13H,1-2H3. The van der Waals surface area contributed by atoms with Gasteiger partial charge in [-0.15, -0.1) is 0 Å². The molecule has 1 N–H and O–H groups in total. The molecule has 0 atom stereocenters. The Kier molecular flexibility index (Phi) is 3.49. The van der Waals surface area contributed by atoms with Gasteiger partial charge in [-0.25, -0.2) is 0 Å². The van der Waals surface area contributed by atoms with E-state index in [2.05, 4.69) is 0 Å². The Labute approximate surface area is 96.8 Å². The van der Waals surface area contributed by atoms with Crippen LogP contribution in [0, 0.1) is 0 Å². The molecule has 1 aromatic carbocycles. The lowest BCUT2D eigenvalue weighted by atomic mass is 9.97. The summed E-state index contributed by atoms with van der Waals surface area (Å²) in [4.78, 5) is 11.6. The van der Waals surface area contributed by atoms with Crippen molar-refractivity contribution in [3.05, 3.63) is 29.8 Å². The van der Waals surface area contributed by atoms with Crippen molar-refractivity contribution < 1.29 is 13.0 Å². The van der Waals surface area contributed by atoms with Crippen LogP contribution in [0.4, 0.5) is 0 Å². The summed E-state index contributed by atoms with van der Waals surface area (Å²) in [6, 6.07) is 6.64. The molecule has 0 saturated heterocycles. The molecule has 3 nitrogen and oxygen atoms in total. The number of halogens is 1. The summed E-state index contributed by atoms with van der Waals surface area (Å²) in [5.41, 5.74) is -0.845. The van der Waals surface area contributed by atoms with Crippen LogP contribution in [0.1, 0.15) is 24.2 Å². The predicted molar refractivity (Wildman–Crippen MR) is 61.7 cm³/mol. The van der Waals surface area contributed by atoms with Gasteiger partial charge in [-0.1, -0.05) is 0 Å². The highest BCUT2D eigenvalue weighted by Crippen LogP contribution is 2.18. The van der Waals surface area contributed by atoms with Crippen molar-refractivity contribution in [2.24, 2.45) is 0 Å². The first-order chi connectivity index (χ1) is 6.45. The molecular formula is C10H11IO3. The molecule has 0 heterocycles. The van der Waals surface area contributed by atoms with E-state index in [9.17, 15) is 9.90 Å². The Hall–Kier alpha value is -0.620. The molecule has 14 heavy (non-hydrogen) atoms. The minimum Gasteiger partial charge on any atom is -0.428 e. The fraction of sp³-hybridized carbons (Fsp3) is 0.300. The van der Waals surface area contributed by atoms with Gasteiger partial charge in [-0.2, -0.15) is 0 Å². The van der Waals surface area contributed by atoms with Crippen LogP contribution in [0.25, 0.3) is 0 Å². The minimum atomic E-state index is -1.33. The molecule has 76 valence electrons. The number of benzene rings is 1. The van der Waals surface area contributed by atoms with Crippen LogP contribution in [-0.4, -0.2) is 16.5 Å². The quantitative estimate of drug-likeness (QED) is 0.689. The van der Waals surface area contributed by atoms with E-state index >= 15 is 0 Å². The van der Waals surface area contributed by atoms with E-state index in [0.29, 0.717) is 11.3 Å². The summed E-state index contributed by atoms with van der Waals surface area (Å²) in [5, 5.41) is 9.48. The molecular weight excluding hydrogens is 295 g/mol. The fourth-order valence-corrected chi connectivity index (χ4v) is 1.30. The smallest absolute Gasteiger partial charge is 0.193 e. The van der Waals surface area contributed by atoms with E-state index in [1.54, 1.807) is 47.3 Å². The summed E-state index contributed by atoms with van der Waals surface area (Å²) in [5.74, 6) is 0.385. The van der Waals surface area contributed by atoms with E-state index in [1.807, 2.05) is 0 Å². The summed E-state index contributed by atoms with van der Waals surface area (Å²) in [6.45, 7) is 2.94. The second-order valence-corrected chi connectivity index (χ2v) is 3.93. The van der Waals surface area contributed by atoms with Crippen molar-refractivity contribution in [1.82, 2.24) is 0 Å². The number of carbonyl (C=O) groups is 1. The molecule has 1 rings (SSSR count). The van der Waals surface area contributed by atoms with E-state index in [0.717, 1.165) is 0 Å². The lowest BCUT2D eigenvalue weighted by molar-refractivity contribution is 0.0488. The van der Waals surface area contributed by atoms with Crippen molar-refractivity contribution in [3.8, 4) is 5.75 Å². The van der Waals surface area contributed by atoms with Crippen LogP contribution in [-0.2, 0) is 0 Å². The van der Waals surface area contributed by atoms with Gasteiger partial charge in [-0.05, 0) is 38.1 Å². The van der Waals surface area contributed by atoms with Gasteiger partial charge in [0.15, 0.2) is 28.8 Å². The van der Waals surface area contributed by atoms with Gasteiger partial charge in [0.2, 0.25) is 0 Å². The maximum absolute atomic E-state index is 11.6. The molecule has 0 radical (unpaired) electrons. The lowest BCUT2D eigenvalue weighted by Crippen LogP contribution is -2.30. The summed E-state index contributed by atoms with van der Waals surface area (Å²) in [6.07, 6.45) is 0. The van der Waals surface area contributed by atoms with Crippen LogP contribution < -0.4 is 3.07 Å². The fourth-order valence-electron chi connectivity index (χ4n) is 1.01. The molecule has 0 aliphatic carbocycles. The highest BCUT2D eigenvalue weighted by atomic mass is 127. The third-order valence-electron chi connectivity index (χ3n) is 1.76. The van der Waals surface area contributed by atoms with Gasteiger partial charge in [0.25, 0.3) is 0 Å². The molecule has 0 fully saturated rings. The van der Waals surface area contributed by atoms with Crippen LogP contribution in [0.3, 0.4) is 0 Å². The number of rotatable bonds is 3. The number of hydrogen-bond acceptors (Lipinski definition) is 3. The zero-order valence-corrected chi connectivity index (χ0v) is 10.1. The highest BCUT2D eigenvalue weighted by molar-refractivity contribution is 14.1. The van der Waals surface area contributed by atoms with Gasteiger partial charge >= 0.3 is 0 Å². The number of Topliss-reactive ketones (excluding diaryl/α,β-unsaturated/α-hetero) is 1. The third kappa shape index (κ3) is 2.68. The maximum Gasteiger partial charge on any atom is 0.193 e. The number of ketones is 1. The van der Waals surface area contributed by atoms with Crippen LogP contribution in [0.15, 0.2) is 24.3 Å². The minimum absolute atomic E-state index is 0.294. The van der Waals surface area contributed by atoms with Crippen molar-refractivity contribution in [3.63, 3.8) is 0 Å². The SMILES string of the molecule is CC(C)(O)C(=O)c1ccc(OI)cc1. The van der Waals surface area contributed by atoms with Crippen molar-refractivity contribution in [2.45, 2.75) is 19.4 Å². The zero-order chi connectivity index (χ0) is 10.8. The monoisotopic (exact) mass is 306 g/mol. The summed E-state index contributed by atoms with van der Waals surface area (Å²) < 4.78 is 4.93. The maximum atomic E-state index is 11.6. The predicted octanol–water partition coefficient (Wildman–Crippen LogP) is 2.37. The Morgan fingerprint density at radius 2 is 1.86 bits per heavy atom. The average molecular weight is 306 g/mol. The first-order valence-corrected chi connectivity index (χ1v) is 4.99. The van der Waals surface area contributed by atoms with Crippen LogP contribution >= 0.6 is 23.0 Å². The molecule has 0 bridgehead atoms. The number of carbonyl (C=O) groups excluding carboxylic acids is 1. The van der Waals surface area contributed by atoms with Crippen molar-refractivity contribution >= 4 is 28.8 Å². The average Bonchev–Trinajstić information content (AvgIpc) is 2.15. The molecule has 0 aliphatic heterocycles. The second-order valence-electron chi connectivity index (χ2n) is 3.49. The van der Waals surface area contributed by atoms with Crippen LogP contribution in [0.5, 0.6) is 5.75 Å². The van der Waals surface area contributed by atoms with Crippen molar-refractivity contribution in [2.75, 3.05) is 0 Å². The van der Waals surface area contributed by atoms with Gasteiger partial charge in [0.1, 0.15) is 11.4 Å². The molecule has 0 aliphatic rings. The lowest BCUT2D eigenvalue weighted by Gasteiger charge is -2.15. The third-order valence-corrected chi connectivity index (χ3v) is 2.27. The second kappa shape index (κ2) is 4.27. The summed E-state index contributed by atoms with van der Waals surface area (Å²) in [7, 11) is 0. The van der Waals surface area contributed by atoms with Gasteiger partial charge in [-0.3, -0.25) is 4.79 Å². The largest absolute Gasteiger partial charge is 0.428 e. The van der Waals surface area contributed by atoms with E-state index in [-0.39, 0.29) is 5.78 Å². The Balaban J connectivity index is 2.93. The van der Waals surface area contributed by atoms with E-state index in [1.165, 1.54) is 13.8 Å². The van der Waals surface area contributed by atoms with Gasteiger partial charge < -0.3 is 8.17 Å². The molecule has 1 aromatic rings. The molecule has 0 unspecified atom stereocenters. The van der Waals surface area contributed by atoms with Gasteiger partial charge in [0, 0.05) is 5.56 Å². The number of aliphatic hydroxyl groups is 1. The topological polar surface area (TPSA) is 46.5 Å². The van der Waals surface area contributed by atoms with Gasteiger partial charge in [0.05, 0.1) is 0 Å². The highest BCUT2D eigenvalue weighted by Gasteiger charge is 2.24. The summed E-state index contributed by atoms with van der Waals surface area (Å²) >= 11 is 1.76. The van der Waals surface area contributed by atoms with Crippen molar-refractivity contribution in [1.29, 1.82) is 0 Å². The first kappa shape index (κ1) is 11.5. The molecule has 0 amide bonds. The van der Waals surface area contributed by atoms with Crippen LogP contribution in [0.2, 0.25) is 0 Å². The Morgan fingerprint density at radius 3 is 2.21 bits per heavy atom.